The average molecular weight is 462 g/mol. The molecule has 14 nitrogen and oxygen atoms in total. The summed E-state index contributed by atoms with van der Waals surface area (Å²) in [5.41, 5.74) is 16.1. The first-order valence-electron chi connectivity index (χ1n) is 10.1. The quantitative estimate of drug-likeness (QED) is 0.0647. The maximum Gasteiger partial charge on any atom is 0.326 e. The second-order valence-corrected chi connectivity index (χ2v) is 7.25. The number of carbonyl (C=O) groups excluding carboxylic acids is 3. The standard InChI is InChI=1S/C18H35N7O7/c1-3-9(2)13(17(31)32)25-16(30)12(8-27)24-15(29)11(7-26)23-14(28)10(19)5-4-6-22-18(20)21/h9-13,26-27H,3-8,19H2,1-2H3,(H,23,28)(H,24,29)(H,25,30)(H,31,32)(H4,20,21,22). The van der Waals surface area contributed by atoms with Crippen LogP contribution in [-0.4, -0.2) is 88.9 Å². The first-order chi connectivity index (χ1) is 15.0. The van der Waals surface area contributed by atoms with Crippen LogP contribution in [-0.2, 0) is 19.2 Å². The predicted molar refractivity (Wildman–Crippen MR) is 115 cm³/mol. The van der Waals surface area contributed by atoms with Crippen LogP contribution >= 0.6 is 0 Å². The number of nitrogens with one attached hydrogen (secondary N) is 3. The fourth-order valence-corrected chi connectivity index (χ4v) is 2.53. The maximum atomic E-state index is 12.4. The Morgan fingerprint density at radius 2 is 1.44 bits per heavy atom. The molecule has 0 radical (unpaired) electrons. The molecule has 0 heterocycles. The Kier molecular flexibility index (Phi) is 13.5. The summed E-state index contributed by atoms with van der Waals surface area (Å²) in [5.74, 6) is -4.36. The van der Waals surface area contributed by atoms with Gasteiger partial charge < -0.3 is 48.5 Å². The minimum Gasteiger partial charge on any atom is -0.480 e. The first-order valence-corrected chi connectivity index (χ1v) is 10.1. The highest BCUT2D eigenvalue weighted by molar-refractivity contribution is 5.94. The van der Waals surface area contributed by atoms with Gasteiger partial charge in [0.05, 0.1) is 19.3 Å². The maximum absolute atomic E-state index is 12.4. The van der Waals surface area contributed by atoms with E-state index < -0.39 is 67.0 Å². The van der Waals surface area contributed by atoms with Gasteiger partial charge in [-0.05, 0) is 18.8 Å². The molecular formula is C18H35N7O7. The van der Waals surface area contributed by atoms with Crippen LogP contribution in [0.1, 0.15) is 33.1 Å². The number of aliphatic hydroxyl groups is 2. The summed E-state index contributed by atoms with van der Waals surface area (Å²) >= 11 is 0. The van der Waals surface area contributed by atoms with Crippen LogP contribution in [0.5, 0.6) is 0 Å². The van der Waals surface area contributed by atoms with Crippen LogP contribution < -0.4 is 33.2 Å². The molecule has 0 bridgehead atoms. The van der Waals surface area contributed by atoms with Crippen molar-refractivity contribution in [3.63, 3.8) is 0 Å². The van der Waals surface area contributed by atoms with Gasteiger partial charge in [-0.1, -0.05) is 20.3 Å². The molecule has 0 aliphatic carbocycles. The Balaban J connectivity index is 4.92. The third-order valence-electron chi connectivity index (χ3n) is 4.71. The topological polar surface area (TPSA) is 255 Å². The van der Waals surface area contributed by atoms with Crippen molar-refractivity contribution in [1.29, 1.82) is 0 Å². The molecule has 0 aromatic carbocycles. The zero-order valence-corrected chi connectivity index (χ0v) is 18.3. The van der Waals surface area contributed by atoms with Crippen molar-refractivity contribution in [1.82, 2.24) is 16.0 Å². The van der Waals surface area contributed by atoms with Gasteiger partial charge in [-0.3, -0.25) is 19.4 Å². The third kappa shape index (κ3) is 10.4. The van der Waals surface area contributed by atoms with Crippen LogP contribution in [0.2, 0.25) is 0 Å². The van der Waals surface area contributed by atoms with Crippen LogP contribution in [0.3, 0.4) is 0 Å². The SMILES string of the molecule is CCC(C)C(NC(=O)C(CO)NC(=O)C(CO)NC(=O)C(N)CCCN=C(N)N)C(=O)O. The molecule has 0 spiro atoms. The lowest BCUT2D eigenvalue weighted by Gasteiger charge is -2.25. The number of hydrogen-bond acceptors (Lipinski definition) is 8. The summed E-state index contributed by atoms with van der Waals surface area (Å²) in [7, 11) is 0. The number of aliphatic carboxylic acids is 1. The number of carbonyl (C=O) groups is 4. The van der Waals surface area contributed by atoms with Gasteiger partial charge in [0, 0.05) is 6.54 Å². The first kappa shape index (κ1) is 29.0. The number of rotatable bonds is 15. The highest BCUT2D eigenvalue weighted by Crippen LogP contribution is 2.08. The second kappa shape index (κ2) is 14.9. The molecule has 0 rings (SSSR count). The Morgan fingerprint density at radius 1 is 0.938 bits per heavy atom. The van der Waals surface area contributed by atoms with Gasteiger partial charge in [-0.2, -0.15) is 0 Å². The lowest BCUT2D eigenvalue weighted by Crippen LogP contribution is -2.59. The number of aliphatic imine (C=N–C) groups is 1. The average Bonchev–Trinajstić information content (AvgIpc) is 2.75. The van der Waals surface area contributed by atoms with Crippen LogP contribution in [0.15, 0.2) is 4.99 Å². The molecule has 14 heteroatoms. The molecule has 0 aromatic rings. The van der Waals surface area contributed by atoms with Gasteiger partial charge in [-0.25, -0.2) is 4.79 Å². The lowest BCUT2D eigenvalue weighted by atomic mass is 9.99. The molecule has 0 saturated heterocycles. The number of hydrogen-bond donors (Lipinski definition) is 9. The molecule has 0 aromatic heterocycles. The molecule has 0 aliphatic rings. The van der Waals surface area contributed by atoms with Gasteiger partial charge in [0.1, 0.15) is 18.1 Å². The Morgan fingerprint density at radius 3 is 1.88 bits per heavy atom. The number of carboxylic acids is 1. The molecule has 0 fully saturated rings. The van der Waals surface area contributed by atoms with E-state index in [9.17, 15) is 34.5 Å². The molecule has 184 valence electrons. The normalized spacial score (nSPS) is 15.4. The second-order valence-electron chi connectivity index (χ2n) is 7.25. The predicted octanol–water partition coefficient (Wildman–Crippen LogP) is -4.06. The summed E-state index contributed by atoms with van der Waals surface area (Å²) in [6, 6.07) is -5.16. The minimum atomic E-state index is -1.49. The van der Waals surface area contributed by atoms with Crippen LogP contribution in [0.4, 0.5) is 0 Å². The molecule has 0 aliphatic heterocycles. The number of amides is 3. The van der Waals surface area contributed by atoms with Crippen LogP contribution in [0.25, 0.3) is 0 Å². The van der Waals surface area contributed by atoms with Crippen molar-refractivity contribution in [3.8, 4) is 0 Å². The molecule has 5 atom stereocenters. The highest BCUT2D eigenvalue weighted by Gasteiger charge is 2.31. The zero-order chi connectivity index (χ0) is 24.8. The van der Waals surface area contributed by atoms with Crippen molar-refractivity contribution in [3.05, 3.63) is 0 Å². The van der Waals surface area contributed by atoms with Crippen molar-refractivity contribution >= 4 is 29.7 Å². The summed E-state index contributed by atoms with van der Waals surface area (Å²) in [6.45, 7) is 2.00. The fraction of sp³-hybridized carbons (Fsp3) is 0.722. The van der Waals surface area contributed by atoms with E-state index >= 15 is 0 Å². The Hall–Kier alpha value is -2.97. The molecule has 3 amide bonds. The zero-order valence-electron chi connectivity index (χ0n) is 18.3. The number of nitrogens with zero attached hydrogens (tertiary/aromatic N) is 1. The molecule has 32 heavy (non-hydrogen) atoms. The van der Waals surface area contributed by atoms with E-state index in [0.717, 1.165) is 0 Å². The smallest absolute Gasteiger partial charge is 0.326 e. The molecule has 0 saturated carbocycles. The van der Waals surface area contributed by atoms with Gasteiger partial charge in [0.25, 0.3) is 0 Å². The Bertz CT molecular complexity index is 670. The van der Waals surface area contributed by atoms with Gasteiger partial charge >= 0.3 is 5.97 Å². The van der Waals surface area contributed by atoms with E-state index in [2.05, 4.69) is 20.9 Å². The largest absolute Gasteiger partial charge is 0.480 e. The van der Waals surface area contributed by atoms with E-state index in [1.807, 2.05) is 0 Å². The fourth-order valence-electron chi connectivity index (χ4n) is 2.53. The van der Waals surface area contributed by atoms with Crippen molar-refractivity contribution in [2.45, 2.75) is 57.3 Å². The van der Waals surface area contributed by atoms with Gasteiger partial charge in [-0.15, -0.1) is 0 Å². The third-order valence-corrected chi connectivity index (χ3v) is 4.71. The van der Waals surface area contributed by atoms with Gasteiger partial charge in [0.15, 0.2) is 5.96 Å². The molecular weight excluding hydrogens is 426 g/mol. The number of guanidine groups is 1. The summed E-state index contributed by atoms with van der Waals surface area (Å²) in [6.07, 6.45) is 1.07. The lowest BCUT2D eigenvalue weighted by molar-refractivity contribution is -0.144. The van der Waals surface area contributed by atoms with Crippen molar-refractivity contribution < 1.29 is 34.5 Å². The van der Waals surface area contributed by atoms with Gasteiger partial charge in [0.2, 0.25) is 17.7 Å². The monoisotopic (exact) mass is 461 g/mol. The summed E-state index contributed by atoms with van der Waals surface area (Å²) in [5, 5.41) is 34.9. The van der Waals surface area contributed by atoms with E-state index in [0.29, 0.717) is 12.8 Å². The molecule has 12 N–H and O–H groups in total. The van der Waals surface area contributed by atoms with Crippen molar-refractivity contribution in [2.24, 2.45) is 28.1 Å². The number of aliphatic hydroxyl groups excluding tert-OH is 2. The van der Waals surface area contributed by atoms with Crippen LogP contribution in [0, 0.1) is 5.92 Å². The highest BCUT2D eigenvalue weighted by atomic mass is 16.4. The van der Waals surface area contributed by atoms with Crippen molar-refractivity contribution in [2.75, 3.05) is 19.8 Å². The molecule has 5 unspecified atom stereocenters. The van der Waals surface area contributed by atoms with E-state index in [1.165, 1.54) is 0 Å². The number of nitrogens with two attached hydrogens (primary N) is 3. The summed E-state index contributed by atoms with van der Waals surface area (Å²) in [4.78, 5) is 52.0. The van der Waals surface area contributed by atoms with E-state index in [4.69, 9.17) is 17.2 Å². The minimum absolute atomic E-state index is 0.0960. The van der Waals surface area contributed by atoms with E-state index in [1.54, 1.807) is 13.8 Å². The Labute approximate surface area is 186 Å². The van der Waals surface area contributed by atoms with E-state index in [-0.39, 0.29) is 18.9 Å². The summed E-state index contributed by atoms with van der Waals surface area (Å²) < 4.78 is 0. The number of carboxylic acid groups (broad SMARTS) is 1.